The first-order chi connectivity index (χ1) is 11.5. The molecule has 0 N–H and O–H groups in total. The molecule has 1 amide bonds. The third kappa shape index (κ3) is 3.13. The lowest BCUT2D eigenvalue weighted by Gasteiger charge is -2.21. The van der Waals surface area contributed by atoms with Gasteiger partial charge in [0.25, 0.3) is 5.91 Å². The fourth-order valence-corrected chi connectivity index (χ4v) is 2.74. The number of esters is 1. The summed E-state index contributed by atoms with van der Waals surface area (Å²) in [5.41, 5.74) is 1.58. The van der Waals surface area contributed by atoms with Crippen LogP contribution in [0.15, 0.2) is 42.5 Å². The minimum Gasteiger partial charge on any atom is -0.449 e. The lowest BCUT2D eigenvalue weighted by molar-refractivity contribution is -0.126. The first-order valence-corrected chi connectivity index (χ1v) is 7.52. The molecule has 1 atom stereocenters. The van der Waals surface area contributed by atoms with Crippen LogP contribution < -0.4 is 4.90 Å². The summed E-state index contributed by atoms with van der Waals surface area (Å²) in [6.07, 6.45) is -0.326. The zero-order chi connectivity index (χ0) is 17.3. The van der Waals surface area contributed by atoms with E-state index in [0.29, 0.717) is 12.6 Å². The molecular weight excluding hydrogens is 316 g/mol. The SMILES string of the molecule is C[C@@H](OC(=O)c1cc(F)cc(F)c1)C(=O)N1CCc2ccccc21. The highest BCUT2D eigenvalue weighted by Gasteiger charge is 2.30. The van der Waals surface area contributed by atoms with E-state index >= 15 is 0 Å². The third-order valence-electron chi connectivity index (χ3n) is 3.88. The molecule has 1 aliphatic heterocycles. The van der Waals surface area contributed by atoms with Gasteiger partial charge in [-0.3, -0.25) is 4.79 Å². The Morgan fingerprint density at radius 3 is 2.50 bits per heavy atom. The van der Waals surface area contributed by atoms with Crippen LogP contribution >= 0.6 is 0 Å². The molecule has 3 rings (SSSR count). The molecule has 1 aliphatic rings. The highest BCUT2D eigenvalue weighted by atomic mass is 19.1. The number of amides is 1. The molecule has 4 nitrogen and oxygen atoms in total. The average molecular weight is 331 g/mol. The van der Waals surface area contributed by atoms with E-state index in [9.17, 15) is 18.4 Å². The molecule has 24 heavy (non-hydrogen) atoms. The second kappa shape index (κ2) is 6.39. The first kappa shape index (κ1) is 16.1. The van der Waals surface area contributed by atoms with Gasteiger partial charge in [-0.2, -0.15) is 0 Å². The Labute approximate surface area is 137 Å². The zero-order valence-electron chi connectivity index (χ0n) is 13.0. The van der Waals surface area contributed by atoms with E-state index < -0.39 is 23.7 Å². The number of rotatable bonds is 3. The number of benzene rings is 2. The zero-order valence-corrected chi connectivity index (χ0v) is 13.0. The van der Waals surface area contributed by atoms with Crippen molar-refractivity contribution in [2.75, 3.05) is 11.4 Å². The Morgan fingerprint density at radius 2 is 1.79 bits per heavy atom. The van der Waals surface area contributed by atoms with Gasteiger partial charge in [-0.1, -0.05) is 18.2 Å². The molecule has 2 aromatic rings. The van der Waals surface area contributed by atoms with Gasteiger partial charge in [0.15, 0.2) is 6.10 Å². The monoisotopic (exact) mass is 331 g/mol. The summed E-state index contributed by atoms with van der Waals surface area (Å²) in [5.74, 6) is -3.07. The van der Waals surface area contributed by atoms with Crippen LogP contribution in [0.3, 0.4) is 0 Å². The maximum absolute atomic E-state index is 13.2. The van der Waals surface area contributed by atoms with Gasteiger partial charge in [-0.05, 0) is 37.1 Å². The van der Waals surface area contributed by atoms with Crippen molar-refractivity contribution in [1.29, 1.82) is 0 Å². The standard InChI is InChI=1S/C18H15F2NO3/c1-11(24-18(23)13-8-14(19)10-15(20)9-13)17(22)21-7-6-12-4-2-3-5-16(12)21/h2-5,8-11H,6-7H2,1H3/t11-/m1/s1. The Kier molecular flexibility index (Phi) is 4.29. The van der Waals surface area contributed by atoms with Crippen molar-refractivity contribution in [3.8, 4) is 0 Å². The summed E-state index contributed by atoms with van der Waals surface area (Å²) in [6, 6.07) is 9.89. The van der Waals surface area contributed by atoms with E-state index in [1.807, 2.05) is 24.3 Å². The van der Waals surface area contributed by atoms with Crippen molar-refractivity contribution < 1.29 is 23.1 Å². The molecule has 0 saturated heterocycles. The van der Waals surface area contributed by atoms with Crippen LogP contribution in [-0.2, 0) is 16.0 Å². The summed E-state index contributed by atoms with van der Waals surface area (Å²) in [7, 11) is 0. The van der Waals surface area contributed by atoms with E-state index in [-0.39, 0.29) is 11.5 Å². The van der Waals surface area contributed by atoms with E-state index in [4.69, 9.17) is 4.74 Å². The minimum absolute atomic E-state index is 0.269. The van der Waals surface area contributed by atoms with Gasteiger partial charge in [-0.15, -0.1) is 0 Å². The minimum atomic E-state index is -1.06. The molecule has 6 heteroatoms. The van der Waals surface area contributed by atoms with E-state index in [2.05, 4.69) is 0 Å². The van der Waals surface area contributed by atoms with Crippen molar-refractivity contribution >= 4 is 17.6 Å². The summed E-state index contributed by atoms with van der Waals surface area (Å²) >= 11 is 0. The van der Waals surface area contributed by atoms with E-state index in [0.717, 1.165) is 29.8 Å². The summed E-state index contributed by atoms with van der Waals surface area (Å²) in [5, 5.41) is 0. The van der Waals surface area contributed by atoms with Crippen molar-refractivity contribution in [3.63, 3.8) is 0 Å². The predicted octanol–water partition coefficient (Wildman–Crippen LogP) is 3.10. The summed E-state index contributed by atoms with van der Waals surface area (Å²) in [4.78, 5) is 26.1. The van der Waals surface area contributed by atoms with E-state index in [1.54, 1.807) is 4.90 Å². The second-order valence-electron chi connectivity index (χ2n) is 5.57. The number of hydrogen-bond donors (Lipinski definition) is 0. The van der Waals surface area contributed by atoms with Crippen LogP contribution in [-0.4, -0.2) is 24.5 Å². The van der Waals surface area contributed by atoms with Gasteiger partial charge >= 0.3 is 5.97 Å². The first-order valence-electron chi connectivity index (χ1n) is 7.52. The van der Waals surface area contributed by atoms with Crippen LogP contribution in [0.2, 0.25) is 0 Å². The number of fused-ring (bicyclic) bond motifs is 1. The van der Waals surface area contributed by atoms with Crippen LogP contribution in [0.5, 0.6) is 0 Å². The molecule has 0 radical (unpaired) electrons. The fraction of sp³-hybridized carbons (Fsp3) is 0.222. The number of carbonyl (C=O) groups is 2. The molecule has 0 saturated carbocycles. The Balaban J connectivity index is 1.72. The van der Waals surface area contributed by atoms with Gasteiger partial charge in [-0.25, -0.2) is 13.6 Å². The number of anilines is 1. The average Bonchev–Trinajstić information content (AvgIpc) is 2.97. The fourth-order valence-electron chi connectivity index (χ4n) is 2.74. The molecule has 0 fully saturated rings. The van der Waals surface area contributed by atoms with Crippen LogP contribution in [0.1, 0.15) is 22.8 Å². The molecule has 0 spiro atoms. The van der Waals surface area contributed by atoms with E-state index in [1.165, 1.54) is 6.92 Å². The Hall–Kier alpha value is -2.76. The van der Waals surface area contributed by atoms with Gasteiger partial charge in [0, 0.05) is 18.3 Å². The van der Waals surface area contributed by atoms with Crippen molar-refractivity contribution in [1.82, 2.24) is 0 Å². The highest BCUT2D eigenvalue weighted by molar-refractivity contribution is 6.00. The maximum atomic E-state index is 13.2. The lowest BCUT2D eigenvalue weighted by atomic mass is 10.2. The molecule has 0 aliphatic carbocycles. The van der Waals surface area contributed by atoms with Gasteiger partial charge in [0.1, 0.15) is 11.6 Å². The maximum Gasteiger partial charge on any atom is 0.339 e. The summed E-state index contributed by atoms with van der Waals surface area (Å²) < 4.78 is 31.4. The second-order valence-corrected chi connectivity index (χ2v) is 5.57. The third-order valence-corrected chi connectivity index (χ3v) is 3.88. The van der Waals surface area contributed by atoms with Crippen molar-refractivity contribution in [3.05, 3.63) is 65.2 Å². The Morgan fingerprint density at radius 1 is 1.12 bits per heavy atom. The quantitative estimate of drug-likeness (QED) is 0.812. The molecule has 2 aromatic carbocycles. The Bertz CT molecular complexity index is 786. The van der Waals surface area contributed by atoms with Crippen molar-refractivity contribution in [2.45, 2.75) is 19.4 Å². The topological polar surface area (TPSA) is 46.6 Å². The van der Waals surface area contributed by atoms with Gasteiger partial charge in [0.05, 0.1) is 5.56 Å². The summed E-state index contributed by atoms with van der Waals surface area (Å²) in [6.45, 7) is 1.95. The molecule has 0 bridgehead atoms. The van der Waals surface area contributed by atoms with Crippen molar-refractivity contribution in [2.24, 2.45) is 0 Å². The number of nitrogens with zero attached hydrogens (tertiary/aromatic N) is 1. The number of para-hydroxylation sites is 1. The smallest absolute Gasteiger partial charge is 0.339 e. The number of hydrogen-bond acceptors (Lipinski definition) is 3. The lowest BCUT2D eigenvalue weighted by Crippen LogP contribution is -2.39. The van der Waals surface area contributed by atoms with Crippen LogP contribution in [0, 0.1) is 11.6 Å². The molecule has 124 valence electrons. The van der Waals surface area contributed by atoms with Crippen LogP contribution in [0.4, 0.5) is 14.5 Å². The largest absolute Gasteiger partial charge is 0.449 e. The molecular formula is C18H15F2NO3. The number of carbonyl (C=O) groups excluding carboxylic acids is 2. The molecule has 0 unspecified atom stereocenters. The predicted molar refractivity (Wildman–Crippen MR) is 83.7 cm³/mol. The number of ether oxygens (including phenoxy) is 1. The highest BCUT2D eigenvalue weighted by Crippen LogP contribution is 2.28. The normalized spacial score (nSPS) is 14.2. The van der Waals surface area contributed by atoms with Crippen LogP contribution in [0.25, 0.3) is 0 Å². The number of halogens is 2. The molecule has 0 aromatic heterocycles. The molecule has 1 heterocycles. The van der Waals surface area contributed by atoms with Gasteiger partial charge in [0.2, 0.25) is 0 Å². The van der Waals surface area contributed by atoms with Gasteiger partial charge < -0.3 is 9.64 Å².